The first-order chi connectivity index (χ1) is 14.9. The molecule has 5 nitrogen and oxygen atoms in total. The van der Waals surface area contributed by atoms with E-state index in [4.69, 9.17) is 11.6 Å². The number of alkyl halides is 3. The predicted octanol–water partition coefficient (Wildman–Crippen LogP) is 4.56. The molecule has 0 aliphatic carbocycles. The number of hydrogen-bond acceptors (Lipinski definition) is 3. The van der Waals surface area contributed by atoms with E-state index in [9.17, 15) is 30.8 Å². The minimum absolute atomic E-state index is 0.0176. The molecule has 3 rings (SSSR count). The molecule has 1 heterocycles. The summed E-state index contributed by atoms with van der Waals surface area (Å²) in [5, 5.41) is -0.585. The van der Waals surface area contributed by atoms with Crippen molar-refractivity contribution in [3.63, 3.8) is 0 Å². The van der Waals surface area contributed by atoms with Gasteiger partial charge < -0.3 is 4.90 Å². The molecule has 0 bridgehead atoms. The lowest BCUT2D eigenvalue weighted by Crippen LogP contribution is -2.43. The molecule has 0 atom stereocenters. The number of carbonyl (C=O) groups excluding carboxylic acids is 1. The molecule has 1 aliphatic heterocycles. The molecule has 0 radical (unpaired) electrons. The highest BCUT2D eigenvalue weighted by atomic mass is 35.5. The molecule has 0 spiro atoms. The van der Waals surface area contributed by atoms with Crippen LogP contribution in [-0.2, 0) is 27.5 Å². The second kappa shape index (κ2) is 9.36. The molecule has 1 aliphatic rings. The van der Waals surface area contributed by atoms with E-state index < -0.39 is 43.4 Å². The van der Waals surface area contributed by atoms with E-state index >= 15 is 0 Å². The van der Waals surface area contributed by atoms with Gasteiger partial charge in [-0.1, -0.05) is 29.8 Å². The van der Waals surface area contributed by atoms with Crippen molar-refractivity contribution in [1.29, 1.82) is 0 Å². The number of carbonyl (C=O) groups is 1. The smallest absolute Gasteiger partial charge is 0.341 e. The zero-order valence-electron chi connectivity index (χ0n) is 17.1. The normalized spacial score (nSPS) is 16.2. The van der Waals surface area contributed by atoms with Gasteiger partial charge in [-0.25, -0.2) is 12.8 Å². The number of benzene rings is 2. The van der Waals surface area contributed by atoms with Crippen LogP contribution in [0.5, 0.6) is 0 Å². The minimum atomic E-state index is -4.79. The molecule has 2 aromatic carbocycles. The molecule has 1 amide bonds. The van der Waals surface area contributed by atoms with Gasteiger partial charge in [0.2, 0.25) is 15.9 Å². The molecule has 1 fully saturated rings. The predicted molar refractivity (Wildman–Crippen MR) is 111 cm³/mol. The van der Waals surface area contributed by atoms with Crippen LogP contribution in [0.1, 0.15) is 24.0 Å². The summed E-state index contributed by atoms with van der Waals surface area (Å²) in [4.78, 5) is 13.6. The van der Waals surface area contributed by atoms with Crippen molar-refractivity contribution in [3.8, 4) is 0 Å². The van der Waals surface area contributed by atoms with Crippen LogP contribution < -0.4 is 0 Å². The Bertz CT molecular complexity index is 1100. The zero-order chi connectivity index (χ0) is 23.7. The van der Waals surface area contributed by atoms with Crippen LogP contribution in [0.4, 0.5) is 17.6 Å². The Morgan fingerprint density at radius 1 is 1.16 bits per heavy atom. The summed E-state index contributed by atoms with van der Waals surface area (Å²) in [7, 11) is -2.64. The van der Waals surface area contributed by atoms with Gasteiger partial charge in [0.1, 0.15) is 5.82 Å². The SMILES string of the molecule is CN(Cc1ccccc1F)C(=O)C1CCN(S(=O)(=O)c2ccc(Cl)c(C(F)(F)F)c2)CC1. The first-order valence-electron chi connectivity index (χ1n) is 9.76. The molecule has 11 heteroatoms. The Balaban J connectivity index is 1.67. The number of sulfonamides is 1. The molecular weight excluding hydrogens is 472 g/mol. The van der Waals surface area contributed by atoms with Gasteiger partial charge in [0.15, 0.2) is 0 Å². The maximum atomic E-state index is 13.8. The second-order valence-electron chi connectivity index (χ2n) is 7.60. The van der Waals surface area contributed by atoms with Crippen molar-refractivity contribution in [2.75, 3.05) is 20.1 Å². The maximum absolute atomic E-state index is 13.8. The third-order valence-electron chi connectivity index (χ3n) is 5.43. The summed E-state index contributed by atoms with van der Waals surface area (Å²) in [6, 6.07) is 8.57. The van der Waals surface area contributed by atoms with Crippen molar-refractivity contribution in [3.05, 3.63) is 64.4 Å². The van der Waals surface area contributed by atoms with Crippen LogP contribution in [0.3, 0.4) is 0 Å². The van der Waals surface area contributed by atoms with E-state index in [2.05, 4.69) is 0 Å². The van der Waals surface area contributed by atoms with Crippen molar-refractivity contribution >= 4 is 27.5 Å². The highest BCUT2D eigenvalue weighted by molar-refractivity contribution is 7.89. The lowest BCUT2D eigenvalue weighted by molar-refractivity contribution is -0.138. The number of hydrogen-bond donors (Lipinski definition) is 0. The lowest BCUT2D eigenvalue weighted by Gasteiger charge is -2.32. The molecule has 0 aromatic heterocycles. The Kier molecular flexibility index (Phi) is 7.16. The molecule has 0 N–H and O–H groups in total. The highest BCUT2D eigenvalue weighted by Gasteiger charge is 2.37. The Hall–Kier alpha value is -2.17. The number of piperidine rings is 1. The molecule has 32 heavy (non-hydrogen) atoms. The molecular formula is C21H21ClF4N2O3S. The molecule has 174 valence electrons. The van der Waals surface area contributed by atoms with Gasteiger partial charge in [-0.3, -0.25) is 4.79 Å². The van der Waals surface area contributed by atoms with Gasteiger partial charge >= 0.3 is 6.18 Å². The van der Waals surface area contributed by atoms with E-state index in [1.807, 2.05) is 0 Å². The largest absolute Gasteiger partial charge is 0.417 e. The van der Waals surface area contributed by atoms with Gasteiger partial charge in [-0.05, 0) is 37.1 Å². The van der Waals surface area contributed by atoms with Gasteiger partial charge in [0.05, 0.1) is 15.5 Å². The maximum Gasteiger partial charge on any atom is 0.417 e. The minimum Gasteiger partial charge on any atom is -0.341 e. The number of rotatable bonds is 5. The molecule has 0 unspecified atom stereocenters. The summed E-state index contributed by atoms with van der Waals surface area (Å²) in [5.74, 6) is -1.13. The molecule has 0 saturated carbocycles. The van der Waals surface area contributed by atoms with Crippen LogP contribution in [0.2, 0.25) is 5.02 Å². The Morgan fingerprint density at radius 3 is 2.38 bits per heavy atom. The summed E-state index contributed by atoms with van der Waals surface area (Å²) in [5.41, 5.74) is -0.855. The fourth-order valence-electron chi connectivity index (χ4n) is 3.65. The first-order valence-corrected chi connectivity index (χ1v) is 11.6. The van der Waals surface area contributed by atoms with Crippen LogP contribution in [0, 0.1) is 11.7 Å². The average Bonchev–Trinajstić information content (AvgIpc) is 2.74. The van der Waals surface area contributed by atoms with Crippen molar-refractivity contribution in [2.24, 2.45) is 5.92 Å². The summed E-state index contributed by atoms with van der Waals surface area (Å²) >= 11 is 5.57. The van der Waals surface area contributed by atoms with Crippen LogP contribution in [0.15, 0.2) is 47.4 Å². The average molecular weight is 493 g/mol. The van der Waals surface area contributed by atoms with E-state index in [0.29, 0.717) is 11.6 Å². The van der Waals surface area contributed by atoms with Gasteiger partial charge in [0, 0.05) is 38.2 Å². The number of halogens is 5. The van der Waals surface area contributed by atoms with Crippen LogP contribution >= 0.6 is 11.6 Å². The first kappa shape index (κ1) is 24.5. The van der Waals surface area contributed by atoms with E-state index in [1.54, 1.807) is 25.2 Å². The van der Waals surface area contributed by atoms with E-state index in [0.717, 1.165) is 16.4 Å². The fourth-order valence-corrected chi connectivity index (χ4v) is 5.37. The standard InChI is InChI=1S/C21H21ClF4N2O3S/c1-27(13-15-4-2-3-5-19(15)23)20(29)14-8-10-28(11-9-14)32(30,31)16-6-7-18(22)17(12-16)21(24,25)26/h2-7,12,14H,8-11,13H2,1H3. The summed E-state index contributed by atoms with van der Waals surface area (Å²) in [6.45, 7) is 0.0432. The van der Waals surface area contributed by atoms with Crippen LogP contribution in [-0.4, -0.2) is 43.7 Å². The number of amides is 1. The summed E-state index contributed by atoms with van der Waals surface area (Å²) in [6.07, 6.45) is -4.37. The van der Waals surface area contributed by atoms with Crippen LogP contribution in [0.25, 0.3) is 0 Å². The van der Waals surface area contributed by atoms with E-state index in [-0.39, 0.29) is 38.4 Å². The topological polar surface area (TPSA) is 57.7 Å². The third kappa shape index (κ3) is 5.24. The quantitative estimate of drug-likeness (QED) is 0.575. The van der Waals surface area contributed by atoms with Crippen molar-refractivity contribution in [2.45, 2.75) is 30.5 Å². The second-order valence-corrected chi connectivity index (χ2v) is 9.95. The Morgan fingerprint density at radius 2 is 1.78 bits per heavy atom. The lowest BCUT2D eigenvalue weighted by atomic mass is 9.96. The van der Waals surface area contributed by atoms with Gasteiger partial charge in [-0.15, -0.1) is 0 Å². The van der Waals surface area contributed by atoms with Crippen molar-refractivity contribution in [1.82, 2.24) is 9.21 Å². The third-order valence-corrected chi connectivity index (χ3v) is 7.65. The zero-order valence-corrected chi connectivity index (χ0v) is 18.6. The Labute approximate surface area is 188 Å². The summed E-state index contributed by atoms with van der Waals surface area (Å²) < 4.78 is 79.9. The van der Waals surface area contributed by atoms with Crippen molar-refractivity contribution < 1.29 is 30.8 Å². The van der Waals surface area contributed by atoms with Gasteiger partial charge in [0.25, 0.3) is 0 Å². The number of nitrogens with zero attached hydrogens (tertiary/aromatic N) is 2. The monoisotopic (exact) mass is 492 g/mol. The fraction of sp³-hybridized carbons (Fsp3) is 0.381. The van der Waals surface area contributed by atoms with E-state index in [1.165, 1.54) is 11.0 Å². The molecule has 2 aromatic rings. The van der Waals surface area contributed by atoms with Gasteiger partial charge in [-0.2, -0.15) is 17.5 Å². The highest BCUT2D eigenvalue weighted by Crippen LogP contribution is 2.37. The molecule has 1 saturated heterocycles.